The molecule has 0 bridgehead atoms. The van der Waals surface area contributed by atoms with E-state index in [0.29, 0.717) is 18.0 Å². The van der Waals surface area contributed by atoms with Crippen molar-refractivity contribution in [3.8, 4) is 0 Å². The van der Waals surface area contributed by atoms with Gasteiger partial charge < -0.3 is 4.90 Å². The molecule has 0 amide bonds. The molecule has 0 aliphatic carbocycles. The molecule has 4 nitrogen and oxygen atoms in total. The summed E-state index contributed by atoms with van der Waals surface area (Å²) in [5, 5.41) is -0.616. The van der Waals surface area contributed by atoms with Gasteiger partial charge in [-0.2, -0.15) is 0 Å². The molecule has 1 aromatic carbocycles. The van der Waals surface area contributed by atoms with E-state index in [1.807, 2.05) is 0 Å². The van der Waals surface area contributed by atoms with Crippen molar-refractivity contribution in [3.63, 3.8) is 0 Å². The van der Waals surface area contributed by atoms with Crippen molar-refractivity contribution in [1.82, 2.24) is 4.90 Å². The number of hydrogen-bond acceptors (Lipinski definition) is 4. The number of sulfone groups is 1. The van der Waals surface area contributed by atoms with Crippen molar-refractivity contribution < 1.29 is 13.2 Å². The molecule has 0 N–H and O–H groups in total. The standard InChI is InChI=1S/C16H23NO3S/c1-3-4-10-17-11-15(13(2)18)16(12-17)21(19,20)14-8-6-5-7-9-14/h5-9,15-16H,3-4,10-12H2,1-2H3/t15-,16+/m0/s1. The Labute approximate surface area is 127 Å². The van der Waals surface area contributed by atoms with Crippen molar-refractivity contribution in [3.05, 3.63) is 30.3 Å². The summed E-state index contributed by atoms with van der Waals surface area (Å²) >= 11 is 0. The Morgan fingerprint density at radius 1 is 1.24 bits per heavy atom. The van der Waals surface area contributed by atoms with Gasteiger partial charge in [-0.3, -0.25) is 4.79 Å². The minimum atomic E-state index is -3.45. The van der Waals surface area contributed by atoms with E-state index in [4.69, 9.17) is 0 Å². The monoisotopic (exact) mass is 309 g/mol. The fraction of sp³-hybridized carbons (Fsp3) is 0.562. The van der Waals surface area contributed by atoms with E-state index in [9.17, 15) is 13.2 Å². The van der Waals surface area contributed by atoms with Gasteiger partial charge in [0.25, 0.3) is 0 Å². The minimum Gasteiger partial charge on any atom is -0.301 e. The SMILES string of the molecule is CCCCN1C[C@@H](S(=O)(=O)c2ccccc2)[C@H](C(C)=O)C1. The molecule has 1 aromatic rings. The number of ketones is 1. The van der Waals surface area contributed by atoms with E-state index >= 15 is 0 Å². The Hall–Kier alpha value is -1.20. The van der Waals surface area contributed by atoms with E-state index in [1.165, 1.54) is 6.92 Å². The minimum absolute atomic E-state index is 0.0292. The lowest BCUT2D eigenvalue weighted by Crippen LogP contribution is -2.33. The molecule has 2 atom stereocenters. The zero-order chi connectivity index (χ0) is 15.5. The molecule has 1 aliphatic rings. The number of unbranched alkanes of at least 4 members (excludes halogenated alkanes) is 1. The van der Waals surface area contributed by atoms with Crippen LogP contribution in [0.4, 0.5) is 0 Å². The quantitative estimate of drug-likeness (QED) is 0.808. The van der Waals surface area contributed by atoms with Crippen LogP contribution < -0.4 is 0 Å². The van der Waals surface area contributed by atoms with Gasteiger partial charge in [-0.25, -0.2) is 8.42 Å². The number of rotatable bonds is 6. The van der Waals surface area contributed by atoms with Gasteiger partial charge in [-0.05, 0) is 32.0 Å². The Morgan fingerprint density at radius 3 is 2.48 bits per heavy atom. The molecular formula is C16H23NO3S. The van der Waals surface area contributed by atoms with Gasteiger partial charge in [-0.1, -0.05) is 31.5 Å². The second-order valence-electron chi connectivity index (χ2n) is 5.73. The van der Waals surface area contributed by atoms with Crippen molar-refractivity contribution in [2.45, 2.75) is 36.8 Å². The van der Waals surface area contributed by atoms with E-state index < -0.39 is 21.0 Å². The molecule has 1 saturated heterocycles. The summed E-state index contributed by atoms with van der Waals surface area (Å²) in [7, 11) is -3.45. The molecular weight excluding hydrogens is 286 g/mol. The Kier molecular flexibility index (Phi) is 5.17. The second kappa shape index (κ2) is 6.71. The van der Waals surface area contributed by atoms with Gasteiger partial charge in [0.2, 0.25) is 0 Å². The smallest absolute Gasteiger partial charge is 0.183 e. The number of benzene rings is 1. The van der Waals surface area contributed by atoms with Crippen molar-refractivity contribution in [1.29, 1.82) is 0 Å². The number of hydrogen-bond donors (Lipinski definition) is 0. The number of likely N-dealkylation sites (tertiary alicyclic amines) is 1. The van der Waals surface area contributed by atoms with Gasteiger partial charge in [0.15, 0.2) is 9.84 Å². The Bertz CT molecular complexity index is 583. The van der Waals surface area contributed by atoms with Gasteiger partial charge in [0.1, 0.15) is 5.78 Å². The van der Waals surface area contributed by atoms with Crippen LogP contribution in [0, 0.1) is 5.92 Å². The zero-order valence-corrected chi connectivity index (χ0v) is 13.5. The first kappa shape index (κ1) is 16.2. The van der Waals surface area contributed by atoms with Crippen LogP contribution in [0.15, 0.2) is 35.2 Å². The molecule has 5 heteroatoms. The molecule has 0 spiro atoms. The number of nitrogens with zero attached hydrogens (tertiary/aromatic N) is 1. The van der Waals surface area contributed by atoms with Gasteiger partial charge in [0, 0.05) is 19.0 Å². The first-order valence-corrected chi connectivity index (χ1v) is 9.03. The molecule has 21 heavy (non-hydrogen) atoms. The van der Waals surface area contributed by atoms with Gasteiger partial charge in [-0.15, -0.1) is 0 Å². The van der Waals surface area contributed by atoms with Crippen LogP contribution in [0.5, 0.6) is 0 Å². The topological polar surface area (TPSA) is 54.5 Å². The average Bonchev–Trinajstić information content (AvgIpc) is 2.91. The number of carbonyl (C=O) groups is 1. The molecule has 1 heterocycles. The molecule has 116 valence electrons. The van der Waals surface area contributed by atoms with Crippen LogP contribution in [-0.4, -0.2) is 44.0 Å². The molecule has 2 rings (SSSR count). The number of carbonyl (C=O) groups excluding carboxylic acids is 1. The molecule has 1 aliphatic heterocycles. The van der Waals surface area contributed by atoms with E-state index in [1.54, 1.807) is 30.3 Å². The predicted molar refractivity (Wildman–Crippen MR) is 82.9 cm³/mol. The van der Waals surface area contributed by atoms with Crippen LogP contribution in [0.25, 0.3) is 0 Å². The fourth-order valence-corrected chi connectivity index (χ4v) is 4.91. The Morgan fingerprint density at radius 2 is 1.90 bits per heavy atom. The van der Waals surface area contributed by atoms with E-state index in [-0.39, 0.29) is 5.78 Å². The van der Waals surface area contributed by atoms with Crippen LogP contribution >= 0.6 is 0 Å². The average molecular weight is 309 g/mol. The van der Waals surface area contributed by atoms with Crippen LogP contribution in [0.2, 0.25) is 0 Å². The molecule has 0 unspecified atom stereocenters. The van der Waals surface area contributed by atoms with Crippen LogP contribution in [-0.2, 0) is 14.6 Å². The summed E-state index contributed by atoms with van der Waals surface area (Å²) in [6.07, 6.45) is 2.10. The lowest BCUT2D eigenvalue weighted by Gasteiger charge is -2.16. The van der Waals surface area contributed by atoms with Crippen molar-refractivity contribution >= 4 is 15.6 Å². The maximum Gasteiger partial charge on any atom is 0.183 e. The maximum absolute atomic E-state index is 12.8. The summed E-state index contributed by atoms with van der Waals surface area (Å²) in [5.74, 6) is -0.439. The van der Waals surface area contributed by atoms with Gasteiger partial charge in [0.05, 0.1) is 10.1 Å². The highest BCUT2D eigenvalue weighted by molar-refractivity contribution is 7.92. The summed E-state index contributed by atoms with van der Waals surface area (Å²) in [5.41, 5.74) is 0. The van der Waals surface area contributed by atoms with Crippen molar-refractivity contribution in [2.75, 3.05) is 19.6 Å². The molecule has 0 saturated carbocycles. The molecule has 0 aromatic heterocycles. The summed E-state index contributed by atoms with van der Waals surface area (Å²) in [6, 6.07) is 8.46. The Balaban J connectivity index is 2.25. The zero-order valence-electron chi connectivity index (χ0n) is 12.7. The largest absolute Gasteiger partial charge is 0.301 e. The lowest BCUT2D eigenvalue weighted by molar-refractivity contribution is -0.120. The first-order valence-electron chi connectivity index (χ1n) is 7.48. The first-order chi connectivity index (χ1) is 9.96. The third-order valence-electron chi connectivity index (χ3n) is 4.16. The maximum atomic E-state index is 12.8. The third kappa shape index (κ3) is 3.52. The summed E-state index contributed by atoms with van der Waals surface area (Å²) in [6.45, 7) is 5.49. The summed E-state index contributed by atoms with van der Waals surface area (Å²) < 4.78 is 25.6. The highest BCUT2D eigenvalue weighted by atomic mass is 32.2. The number of Topliss-reactive ketones (excluding diaryl/α,β-unsaturated/α-hetero) is 1. The summed E-state index contributed by atoms with van der Waals surface area (Å²) in [4.78, 5) is 14.3. The normalized spacial score (nSPS) is 23.3. The van der Waals surface area contributed by atoms with Crippen molar-refractivity contribution in [2.24, 2.45) is 5.92 Å². The van der Waals surface area contributed by atoms with E-state index in [0.717, 1.165) is 19.4 Å². The molecule has 0 radical (unpaired) electrons. The fourth-order valence-electron chi connectivity index (χ4n) is 2.91. The van der Waals surface area contributed by atoms with E-state index in [2.05, 4.69) is 11.8 Å². The predicted octanol–water partition coefficient (Wildman–Crippen LogP) is 2.15. The lowest BCUT2D eigenvalue weighted by atomic mass is 10.0. The highest BCUT2D eigenvalue weighted by Crippen LogP contribution is 2.29. The van der Waals surface area contributed by atoms with Gasteiger partial charge >= 0.3 is 0 Å². The highest BCUT2D eigenvalue weighted by Gasteiger charge is 2.43. The second-order valence-corrected chi connectivity index (χ2v) is 7.89. The van der Waals surface area contributed by atoms with Crippen LogP contribution in [0.1, 0.15) is 26.7 Å². The van der Waals surface area contributed by atoms with Crippen LogP contribution in [0.3, 0.4) is 0 Å². The molecule has 1 fully saturated rings. The third-order valence-corrected chi connectivity index (χ3v) is 6.37.